The molecule has 0 heterocycles. The van der Waals surface area contributed by atoms with Crippen LogP contribution in [0.15, 0.2) is 23.2 Å². The molecule has 0 atom stereocenters. The van der Waals surface area contributed by atoms with E-state index in [9.17, 15) is 4.79 Å². The minimum atomic E-state index is -0.0811. The molecule has 1 saturated carbocycles. The molecule has 0 unspecified atom stereocenters. The molecule has 0 saturated heterocycles. The van der Waals surface area contributed by atoms with Crippen molar-refractivity contribution in [3.05, 3.63) is 23.8 Å². The minimum absolute atomic E-state index is 0.0811. The van der Waals surface area contributed by atoms with Crippen molar-refractivity contribution in [1.29, 1.82) is 0 Å². The monoisotopic (exact) mass is 290 g/mol. The molecule has 2 rings (SSSR count). The molecule has 114 valence electrons. The summed E-state index contributed by atoms with van der Waals surface area (Å²) in [4.78, 5) is 16.2. The first-order valence-electron chi connectivity index (χ1n) is 7.17. The fourth-order valence-electron chi connectivity index (χ4n) is 2.02. The van der Waals surface area contributed by atoms with Gasteiger partial charge in [-0.25, -0.2) is 0 Å². The van der Waals surface area contributed by atoms with Crippen molar-refractivity contribution in [2.45, 2.75) is 32.2 Å². The van der Waals surface area contributed by atoms with Gasteiger partial charge in [0.1, 0.15) is 0 Å². The van der Waals surface area contributed by atoms with Gasteiger partial charge in [-0.2, -0.15) is 0 Å². The van der Waals surface area contributed by atoms with Crippen LogP contribution in [-0.2, 0) is 11.2 Å². The summed E-state index contributed by atoms with van der Waals surface area (Å²) in [6, 6.07) is 6.14. The molecule has 0 bridgehead atoms. The number of aliphatic imine (C=N–C) groups is 1. The van der Waals surface area contributed by atoms with Gasteiger partial charge in [0.25, 0.3) is 5.91 Å². The average molecular weight is 290 g/mol. The summed E-state index contributed by atoms with van der Waals surface area (Å²) >= 11 is 0. The van der Waals surface area contributed by atoms with Crippen molar-refractivity contribution in [2.75, 3.05) is 20.8 Å². The third-order valence-corrected chi connectivity index (χ3v) is 3.40. The van der Waals surface area contributed by atoms with Crippen molar-refractivity contribution in [3.63, 3.8) is 0 Å². The van der Waals surface area contributed by atoms with Gasteiger partial charge in [-0.3, -0.25) is 9.79 Å². The fourth-order valence-corrected chi connectivity index (χ4v) is 2.02. The molecule has 5 heteroatoms. The molecule has 1 aromatic carbocycles. The van der Waals surface area contributed by atoms with Crippen LogP contribution in [-0.4, -0.2) is 38.4 Å². The Balaban J connectivity index is 1.84. The number of ether oxygens (including phenoxy) is 2. The molecule has 1 amide bonds. The summed E-state index contributed by atoms with van der Waals surface area (Å²) in [6.07, 6.45) is 2.95. The summed E-state index contributed by atoms with van der Waals surface area (Å²) in [5, 5.41) is 2.89. The number of benzene rings is 1. The van der Waals surface area contributed by atoms with Gasteiger partial charge in [0.2, 0.25) is 0 Å². The fraction of sp³-hybridized carbons (Fsp3) is 0.500. The van der Waals surface area contributed by atoms with Gasteiger partial charge in [-0.15, -0.1) is 0 Å². The molecular formula is C16H22N2O3. The summed E-state index contributed by atoms with van der Waals surface area (Å²) in [7, 11) is 3.22. The number of methoxy groups -OCH3 is 2. The van der Waals surface area contributed by atoms with Crippen molar-refractivity contribution in [3.8, 4) is 11.5 Å². The second kappa shape index (κ2) is 7.11. The summed E-state index contributed by atoms with van der Waals surface area (Å²) in [6.45, 7) is 2.34. The molecule has 1 N–H and O–H groups in total. The molecule has 1 aliphatic rings. The maximum atomic E-state index is 11.8. The third-order valence-electron chi connectivity index (χ3n) is 3.40. The van der Waals surface area contributed by atoms with Crippen LogP contribution in [0, 0.1) is 0 Å². The molecule has 0 radical (unpaired) electrons. The van der Waals surface area contributed by atoms with E-state index in [1.807, 2.05) is 18.2 Å². The first kappa shape index (κ1) is 15.4. The number of amides is 1. The maximum Gasteiger partial charge on any atom is 0.264 e. The van der Waals surface area contributed by atoms with Gasteiger partial charge in [-0.1, -0.05) is 6.07 Å². The normalized spacial score (nSPS) is 14.7. The van der Waals surface area contributed by atoms with Gasteiger partial charge in [0, 0.05) is 6.54 Å². The quantitative estimate of drug-likeness (QED) is 0.781. The van der Waals surface area contributed by atoms with Crippen LogP contribution in [0.2, 0.25) is 0 Å². The molecule has 1 aromatic rings. The Morgan fingerprint density at radius 2 is 2.00 bits per heavy atom. The van der Waals surface area contributed by atoms with Crippen LogP contribution in [0.25, 0.3) is 0 Å². The second-order valence-corrected chi connectivity index (χ2v) is 5.14. The summed E-state index contributed by atoms with van der Waals surface area (Å²) in [5.41, 5.74) is 1.66. The number of carbonyl (C=O) groups excluding carboxylic acids is 1. The Bertz CT molecular complexity index is 536. The average Bonchev–Trinajstić information content (AvgIpc) is 3.30. The Morgan fingerprint density at radius 3 is 2.62 bits per heavy atom. The Kier molecular flexibility index (Phi) is 5.20. The maximum absolute atomic E-state index is 11.8. The van der Waals surface area contributed by atoms with Crippen LogP contribution in [0.4, 0.5) is 0 Å². The standard InChI is InChI=1S/C16H22N2O3/c1-11(18-13-5-6-13)16(19)17-9-8-12-4-7-14(20-2)15(10-12)21-3/h4,7,10,13H,5-6,8-9H2,1-3H3,(H,17,19). The zero-order valence-electron chi connectivity index (χ0n) is 12.8. The smallest absolute Gasteiger partial charge is 0.264 e. The highest BCUT2D eigenvalue weighted by molar-refractivity contribution is 6.38. The zero-order valence-corrected chi connectivity index (χ0v) is 12.8. The van der Waals surface area contributed by atoms with Gasteiger partial charge >= 0.3 is 0 Å². The van der Waals surface area contributed by atoms with Crippen molar-refractivity contribution < 1.29 is 14.3 Å². The van der Waals surface area contributed by atoms with Crippen molar-refractivity contribution >= 4 is 11.6 Å². The second-order valence-electron chi connectivity index (χ2n) is 5.14. The lowest BCUT2D eigenvalue weighted by Gasteiger charge is -2.10. The molecule has 0 aliphatic heterocycles. The number of carbonyl (C=O) groups is 1. The number of hydrogen-bond acceptors (Lipinski definition) is 4. The number of hydrogen-bond donors (Lipinski definition) is 1. The highest BCUT2D eigenvalue weighted by Crippen LogP contribution is 2.27. The van der Waals surface area contributed by atoms with E-state index < -0.39 is 0 Å². The van der Waals surface area contributed by atoms with Crippen molar-refractivity contribution in [2.24, 2.45) is 4.99 Å². The molecular weight excluding hydrogens is 268 g/mol. The number of nitrogens with one attached hydrogen (secondary N) is 1. The number of nitrogens with zero attached hydrogens (tertiary/aromatic N) is 1. The number of rotatable bonds is 7. The van der Waals surface area contributed by atoms with E-state index in [0.29, 0.717) is 29.8 Å². The largest absolute Gasteiger partial charge is 0.493 e. The lowest BCUT2D eigenvalue weighted by molar-refractivity contribution is -0.114. The minimum Gasteiger partial charge on any atom is -0.493 e. The molecule has 5 nitrogen and oxygen atoms in total. The Morgan fingerprint density at radius 1 is 1.29 bits per heavy atom. The van der Waals surface area contributed by atoms with E-state index in [-0.39, 0.29) is 5.91 Å². The molecule has 0 aromatic heterocycles. The predicted molar refractivity (Wildman–Crippen MR) is 82.4 cm³/mol. The Hall–Kier alpha value is -2.04. The third kappa shape index (κ3) is 4.48. The highest BCUT2D eigenvalue weighted by atomic mass is 16.5. The van der Waals surface area contributed by atoms with Crippen LogP contribution in [0.3, 0.4) is 0 Å². The van der Waals surface area contributed by atoms with E-state index in [1.54, 1.807) is 21.1 Å². The van der Waals surface area contributed by atoms with E-state index in [1.165, 1.54) is 0 Å². The lowest BCUT2D eigenvalue weighted by atomic mass is 10.1. The van der Waals surface area contributed by atoms with Gasteiger partial charge in [0.15, 0.2) is 11.5 Å². The van der Waals surface area contributed by atoms with E-state index in [0.717, 1.165) is 24.8 Å². The first-order valence-corrected chi connectivity index (χ1v) is 7.17. The van der Waals surface area contributed by atoms with Gasteiger partial charge in [-0.05, 0) is 43.9 Å². The van der Waals surface area contributed by atoms with E-state index >= 15 is 0 Å². The topological polar surface area (TPSA) is 59.9 Å². The highest BCUT2D eigenvalue weighted by Gasteiger charge is 2.21. The first-order chi connectivity index (χ1) is 10.1. The Labute approximate surface area is 125 Å². The van der Waals surface area contributed by atoms with Crippen LogP contribution in [0.1, 0.15) is 25.3 Å². The predicted octanol–water partition coefficient (Wildman–Crippen LogP) is 1.99. The molecule has 21 heavy (non-hydrogen) atoms. The van der Waals surface area contributed by atoms with Crippen LogP contribution < -0.4 is 14.8 Å². The van der Waals surface area contributed by atoms with E-state index in [4.69, 9.17) is 9.47 Å². The zero-order chi connectivity index (χ0) is 15.2. The summed E-state index contributed by atoms with van der Waals surface area (Å²) < 4.78 is 10.5. The van der Waals surface area contributed by atoms with E-state index in [2.05, 4.69) is 10.3 Å². The SMILES string of the molecule is COc1ccc(CCNC(=O)C(C)=NC2CC2)cc1OC. The summed E-state index contributed by atoms with van der Waals surface area (Å²) in [5.74, 6) is 1.33. The van der Waals surface area contributed by atoms with Crippen molar-refractivity contribution in [1.82, 2.24) is 5.32 Å². The molecule has 1 aliphatic carbocycles. The molecule has 0 spiro atoms. The van der Waals surface area contributed by atoms with Crippen LogP contribution >= 0.6 is 0 Å². The molecule has 1 fully saturated rings. The van der Waals surface area contributed by atoms with Gasteiger partial charge < -0.3 is 14.8 Å². The lowest BCUT2D eigenvalue weighted by Crippen LogP contribution is -2.31. The van der Waals surface area contributed by atoms with Crippen LogP contribution in [0.5, 0.6) is 11.5 Å². The van der Waals surface area contributed by atoms with Gasteiger partial charge in [0.05, 0.1) is 26.0 Å².